The van der Waals surface area contributed by atoms with E-state index in [1.165, 1.54) is 12.1 Å². The van der Waals surface area contributed by atoms with E-state index in [0.717, 1.165) is 11.3 Å². The van der Waals surface area contributed by atoms with Gasteiger partial charge in [0.25, 0.3) is 5.91 Å². The highest BCUT2D eigenvalue weighted by molar-refractivity contribution is 5.93. The Hall–Kier alpha value is -2.83. The maximum Gasteiger partial charge on any atom is 0.274 e. The number of nitrogens with zero attached hydrogens (tertiary/aromatic N) is 4. The molecule has 0 fully saturated rings. The molecule has 1 N–H and O–H groups in total. The third-order valence-electron chi connectivity index (χ3n) is 3.95. The fourth-order valence-electron chi connectivity index (χ4n) is 2.81. The minimum absolute atomic E-state index is 0.239. The lowest BCUT2D eigenvalue weighted by Crippen LogP contribution is -2.45. The van der Waals surface area contributed by atoms with Gasteiger partial charge in [0.05, 0.1) is 11.4 Å². The molecule has 2 heterocycles. The molecule has 0 saturated carbocycles. The Balaban J connectivity index is 1.80. The Morgan fingerprint density at radius 3 is 2.56 bits per heavy atom. The largest absolute Gasteiger partial charge is 0.345 e. The fourth-order valence-corrected chi connectivity index (χ4v) is 2.81. The van der Waals surface area contributed by atoms with Gasteiger partial charge in [-0.2, -0.15) is 5.10 Å². The first kappa shape index (κ1) is 17.0. The van der Waals surface area contributed by atoms with Crippen molar-refractivity contribution in [3.05, 3.63) is 58.8 Å². The molecule has 0 atom stereocenters. The first-order chi connectivity index (χ1) is 11.7. The second kappa shape index (κ2) is 6.23. The van der Waals surface area contributed by atoms with E-state index < -0.39 is 5.54 Å². The van der Waals surface area contributed by atoms with Gasteiger partial charge in [0.15, 0.2) is 11.3 Å². The number of halogens is 1. The van der Waals surface area contributed by atoms with Crippen LogP contribution in [0.25, 0.3) is 5.65 Å². The Morgan fingerprint density at radius 2 is 1.88 bits per heavy atom. The van der Waals surface area contributed by atoms with Crippen LogP contribution in [0, 0.1) is 19.7 Å². The van der Waals surface area contributed by atoms with Crippen molar-refractivity contribution in [1.29, 1.82) is 0 Å². The van der Waals surface area contributed by atoms with E-state index in [2.05, 4.69) is 20.6 Å². The van der Waals surface area contributed by atoms with Crippen molar-refractivity contribution in [1.82, 2.24) is 25.1 Å². The highest BCUT2D eigenvalue weighted by atomic mass is 19.1. The number of aromatic nitrogens is 4. The standard InChI is InChI=1S/C18H20FN5O/c1-11-9-15-21-22-16(12(2)24(15)23-11)17(25)20-18(3,4)10-13-5-7-14(19)8-6-13/h5-9H,10H2,1-4H3,(H,20,25). The van der Waals surface area contributed by atoms with Gasteiger partial charge in [-0.3, -0.25) is 4.79 Å². The molecule has 0 saturated heterocycles. The van der Waals surface area contributed by atoms with Crippen LogP contribution in [0.1, 0.15) is 41.3 Å². The van der Waals surface area contributed by atoms with Crippen molar-refractivity contribution >= 4 is 11.6 Å². The van der Waals surface area contributed by atoms with Gasteiger partial charge in [-0.15, -0.1) is 10.2 Å². The van der Waals surface area contributed by atoms with Crippen LogP contribution in [0.15, 0.2) is 30.3 Å². The van der Waals surface area contributed by atoms with Crippen LogP contribution >= 0.6 is 0 Å². The van der Waals surface area contributed by atoms with Gasteiger partial charge >= 0.3 is 0 Å². The summed E-state index contributed by atoms with van der Waals surface area (Å²) >= 11 is 0. The van der Waals surface area contributed by atoms with Gasteiger partial charge in [0, 0.05) is 11.6 Å². The predicted molar refractivity (Wildman–Crippen MR) is 91.9 cm³/mol. The molecule has 6 nitrogen and oxygen atoms in total. The first-order valence-electron chi connectivity index (χ1n) is 8.02. The average molecular weight is 341 g/mol. The van der Waals surface area contributed by atoms with E-state index >= 15 is 0 Å². The number of rotatable bonds is 4. The number of aryl methyl sites for hydroxylation is 2. The highest BCUT2D eigenvalue weighted by Gasteiger charge is 2.24. The number of hydrogen-bond donors (Lipinski definition) is 1. The highest BCUT2D eigenvalue weighted by Crippen LogP contribution is 2.15. The molecule has 3 rings (SSSR count). The van der Waals surface area contributed by atoms with Crippen LogP contribution < -0.4 is 5.32 Å². The van der Waals surface area contributed by atoms with Gasteiger partial charge in [-0.25, -0.2) is 8.91 Å². The topological polar surface area (TPSA) is 72.2 Å². The van der Waals surface area contributed by atoms with E-state index in [9.17, 15) is 9.18 Å². The second-order valence-corrected chi connectivity index (χ2v) is 6.83. The summed E-state index contributed by atoms with van der Waals surface area (Å²) in [6, 6.07) is 8.06. The summed E-state index contributed by atoms with van der Waals surface area (Å²) in [5.74, 6) is -0.591. The molecule has 0 radical (unpaired) electrons. The quantitative estimate of drug-likeness (QED) is 0.792. The summed E-state index contributed by atoms with van der Waals surface area (Å²) in [6.45, 7) is 7.47. The lowest BCUT2D eigenvalue weighted by atomic mass is 9.94. The van der Waals surface area contributed by atoms with Crippen LogP contribution in [0.2, 0.25) is 0 Å². The van der Waals surface area contributed by atoms with E-state index in [4.69, 9.17) is 0 Å². The molecule has 130 valence electrons. The van der Waals surface area contributed by atoms with Crippen LogP contribution in [-0.2, 0) is 6.42 Å². The van der Waals surface area contributed by atoms with E-state index in [1.54, 1.807) is 29.6 Å². The minimum Gasteiger partial charge on any atom is -0.345 e. The second-order valence-electron chi connectivity index (χ2n) is 6.83. The number of carbonyl (C=O) groups is 1. The molecule has 0 aliphatic rings. The zero-order valence-electron chi connectivity index (χ0n) is 14.7. The van der Waals surface area contributed by atoms with Crippen molar-refractivity contribution in [2.24, 2.45) is 0 Å². The summed E-state index contributed by atoms with van der Waals surface area (Å²) in [5, 5.41) is 15.4. The molecule has 0 spiro atoms. The zero-order chi connectivity index (χ0) is 18.2. The monoisotopic (exact) mass is 341 g/mol. The molecule has 1 amide bonds. The van der Waals surface area contributed by atoms with Crippen molar-refractivity contribution < 1.29 is 9.18 Å². The SMILES string of the molecule is Cc1cc2nnc(C(=O)NC(C)(C)Cc3ccc(F)cc3)c(C)n2n1. The van der Waals surface area contributed by atoms with Gasteiger partial charge in [-0.05, 0) is 51.8 Å². The number of hydrogen-bond acceptors (Lipinski definition) is 4. The van der Waals surface area contributed by atoms with Gasteiger partial charge in [0.1, 0.15) is 5.82 Å². The number of carbonyl (C=O) groups excluding carboxylic acids is 1. The lowest BCUT2D eigenvalue weighted by molar-refractivity contribution is 0.0905. The summed E-state index contributed by atoms with van der Waals surface area (Å²) in [5.41, 5.74) is 2.70. The van der Waals surface area contributed by atoms with Crippen LogP contribution in [0.4, 0.5) is 4.39 Å². The molecule has 25 heavy (non-hydrogen) atoms. The number of fused-ring (bicyclic) bond motifs is 1. The number of amides is 1. The summed E-state index contributed by atoms with van der Waals surface area (Å²) in [6.07, 6.45) is 0.564. The molecular formula is C18H20FN5O. The van der Waals surface area contributed by atoms with Crippen molar-refractivity contribution in [3.63, 3.8) is 0 Å². The van der Waals surface area contributed by atoms with Gasteiger partial charge < -0.3 is 5.32 Å². The average Bonchev–Trinajstić information content (AvgIpc) is 2.90. The Bertz CT molecular complexity index is 931. The molecule has 7 heteroatoms. The van der Waals surface area contributed by atoms with Crippen molar-refractivity contribution in [3.8, 4) is 0 Å². The fraction of sp³-hybridized carbons (Fsp3) is 0.333. The molecule has 0 unspecified atom stereocenters. The normalized spacial score (nSPS) is 11.7. The Kier molecular flexibility index (Phi) is 4.24. The molecule has 0 aliphatic carbocycles. The zero-order valence-corrected chi connectivity index (χ0v) is 14.7. The Morgan fingerprint density at radius 1 is 1.20 bits per heavy atom. The first-order valence-corrected chi connectivity index (χ1v) is 8.02. The van der Waals surface area contributed by atoms with Crippen LogP contribution in [0.5, 0.6) is 0 Å². The molecular weight excluding hydrogens is 321 g/mol. The predicted octanol–water partition coefficient (Wildman–Crippen LogP) is 2.63. The van der Waals surface area contributed by atoms with Crippen LogP contribution in [0.3, 0.4) is 0 Å². The third-order valence-corrected chi connectivity index (χ3v) is 3.95. The third kappa shape index (κ3) is 3.65. The molecule has 0 bridgehead atoms. The van der Waals surface area contributed by atoms with Crippen LogP contribution in [-0.4, -0.2) is 31.3 Å². The lowest BCUT2D eigenvalue weighted by Gasteiger charge is -2.26. The maximum atomic E-state index is 13.0. The number of nitrogens with one attached hydrogen (secondary N) is 1. The van der Waals surface area contributed by atoms with E-state index in [1.807, 2.05) is 20.8 Å². The maximum absolute atomic E-state index is 13.0. The molecule has 2 aromatic heterocycles. The van der Waals surface area contributed by atoms with Crippen molar-refractivity contribution in [2.75, 3.05) is 0 Å². The van der Waals surface area contributed by atoms with Gasteiger partial charge in [0.2, 0.25) is 0 Å². The smallest absolute Gasteiger partial charge is 0.274 e. The molecule has 0 aliphatic heterocycles. The minimum atomic E-state index is -0.530. The molecule has 3 aromatic rings. The van der Waals surface area contributed by atoms with Crippen molar-refractivity contribution in [2.45, 2.75) is 39.7 Å². The Labute approximate surface area is 145 Å². The summed E-state index contributed by atoms with van der Waals surface area (Å²) in [7, 11) is 0. The van der Waals surface area contributed by atoms with Gasteiger partial charge in [-0.1, -0.05) is 12.1 Å². The van der Waals surface area contributed by atoms with E-state index in [0.29, 0.717) is 17.8 Å². The summed E-state index contributed by atoms with van der Waals surface area (Å²) in [4.78, 5) is 12.7. The summed E-state index contributed by atoms with van der Waals surface area (Å²) < 4.78 is 14.6. The molecule has 1 aromatic carbocycles. The van der Waals surface area contributed by atoms with E-state index in [-0.39, 0.29) is 17.4 Å². The number of benzene rings is 1.